The molecule has 19 heavy (non-hydrogen) atoms. The van der Waals surface area contributed by atoms with E-state index in [4.69, 9.17) is 0 Å². The number of nitrogens with zero attached hydrogens (tertiary/aromatic N) is 2. The molecule has 98 valence electrons. The number of para-hydroxylation sites is 2. The predicted molar refractivity (Wildman–Crippen MR) is 77.1 cm³/mol. The Morgan fingerprint density at radius 1 is 1.05 bits per heavy atom. The summed E-state index contributed by atoms with van der Waals surface area (Å²) in [6.45, 7) is 0. The highest BCUT2D eigenvalue weighted by atomic mass is 16.6. The lowest BCUT2D eigenvalue weighted by atomic mass is 10.2. The van der Waals surface area contributed by atoms with E-state index in [2.05, 4.69) is 5.32 Å². The molecule has 0 aromatic heterocycles. The average molecular weight is 257 g/mol. The van der Waals surface area contributed by atoms with Crippen LogP contribution in [0.1, 0.15) is 0 Å². The molecule has 5 heteroatoms. The second kappa shape index (κ2) is 5.39. The van der Waals surface area contributed by atoms with Gasteiger partial charge in [-0.2, -0.15) is 0 Å². The predicted octanol–water partition coefficient (Wildman–Crippen LogP) is 3.40. The lowest BCUT2D eigenvalue weighted by molar-refractivity contribution is -0.383. The largest absolute Gasteiger partial charge is 0.378 e. The van der Waals surface area contributed by atoms with Crippen LogP contribution in [0.25, 0.3) is 0 Å². The molecule has 0 saturated carbocycles. The molecule has 1 N–H and O–H groups in total. The lowest BCUT2D eigenvalue weighted by Gasteiger charge is -2.13. The van der Waals surface area contributed by atoms with Gasteiger partial charge >= 0.3 is 0 Å². The van der Waals surface area contributed by atoms with Crippen molar-refractivity contribution in [2.45, 2.75) is 0 Å². The van der Waals surface area contributed by atoms with E-state index in [-0.39, 0.29) is 5.69 Å². The summed E-state index contributed by atoms with van der Waals surface area (Å²) in [5, 5.41) is 14.0. The zero-order valence-corrected chi connectivity index (χ0v) is 10.8. The van der Waals surface area contributed by atoms with E-state index < -0.39 is 4.92 Å². The Morgan fingerprint density at radius 3 is 2.26 bits per heavy atom. The SMILES string of the molecule is CN(C)c1ccc(Nc2ccccc2[N+](=O)[O-])cc1. The minimum atomic E-state index is -0.392. The van der Waals surface area contributed by atoms with Gasteiger partial charge in [0, 0.05) is 31.5 Å². The second-order valence-electron chi connectivity index (χ2n) is 4.34. The molecule has 0 unspecified atom stereocenters. The Labute approximate surface area is 111 Å². The molecule has 0 aliphatic rings. The lowest BCUT2D eigenvalue weighted by Crippen LogP contribution is -2.08. The minimum Gasteiger partial charge on any atom is -0.378 e. The Bertz CT molecular complexity index is 579. The van der Waals surface area contributed by atoms with Crippen molar-refractivity contribution >= 4 is 22.7 Å². The third-order valence-corrected chi connectivity index (χ3v) is 2.76. The van der Waals surface area contributed by atoms with Gasteiger partial charge in [-0.3, -0.25) is 10.1 Å². The van der Waals surface area contributed by atoms with E-state index >= 15 is 0 Å². The molecular formula is C14H15N3O2. The molecular weight excluding hydrogens is 242 g/mol. The minimum absolute atomic E-state index is 0.0687. The van der Waals surface area contributed by atoms with E-state index in [1.807, 2.05) is 43.3 Å². The van der Waals surface area contributed by atoms with Gasteiger partial charge in [-0.25, -0.2) is 0 Å². The smallest absolute Gasteiger partial charge is 0.292 e. The van der Waals surface area contributed by atoms with Crippen molar-refractivity contribution in [1.29, 1.82) is 0 Å². The van der Waals surface area contributed by atoms with Gasteiger partial charge in [0.05, 0.1) is 4.92 Å². The molecule has 0 saturated heterocycles. The maximum Gasteiger partial charge on any atom is 0.292 e. The first-order valence-corrected chi connectivity index (χ1v) is 5.86. The van der Waals surface area contributed by atoms with Crippen LogP contribution in [-0.4, -0.2) is 19.0 Å². The van der Waals surface area contributed by atoms with Gasteiger partial charge < -0.3 is 10.2 Å². The number of rotatable bonds is 4. The summed E-state index contributed by atoms with van der Waals surface area (Å²) in [4.78, 5) is 12.5. The highest BCUT2D eigenvalue weighted by Gasteiger charge is 2.11. The molecule has 2 rings (SSSR count). The molecule has 0 aliphatic heterocycles. The first kappa shape index (κ1) is 12.9. The van der Waals surface area contributed by atoms with Crippen molar-refractivity contribution < 1.29 is 4.92 Å². The van der Waals surface area contributed by atoms with Crippen molar-refractivity contribution in [2.75, 3.05) is 24.3 Å². The molecule has 0 fully saturated rings. The van der Waals surface area contributed by atoms with Crippen LogP contribution in [0.4, 0.5) is 22.7 Å². The van der Waals surface area contributed by atoms with E-state index in [0.29, 0.717) is 5.69 Å². The zero-order valence-electron chi connectivity index (χ0n) is 10.8. The molecule has 0 radical (unpaired) electrons. The summed E-state index contributed by atoms with van der Waals surface area (Å²) >= 11 is 0. The number of benzene rings is 2. The summed E-state index contributed by atoms with van der Waals surface area (Å²) in [7, 11) is 3.93. The fourth-order valence-corrected chi connectivity index (χ4v) is 1.74. The van der Waals surface area contributed by atoms with Gasteiger partial charge in [0.25, 0.3) is 5.69 Å². The Morgan fingerprint density at radius 2 is 1.68 bits per heavy atom. The fourth-order valence-electron chi connectivity index (χ4n) is 1.74. The highest BCUT2D eigenvalue weighted by molar-refractivity contribution is 5.70. The summed E-state index contributed by atoms with van der Waals surface area (Å²) in [6.07, 6.45) is 0. The van der Waals surface area contributed by atoms with Crippen molar-refractivity contribution in [3.8, 4) is 0 Å². The maximum atomic E-state index is 10.9. The van der Waals surface area contributed by atoms with E-state index in [1.54, 1.807) is 18.2 Å². The third kappa shape index (κ3) is 3.01. The molecule has 0 atom stereocenters. The average Bonchev–Trinajstić information content (AvgIpc) is 2.39. The van der Waals surface area contributed by atoms with Gasteiger partial charge in [0.1, 0.15) is 5.69 Å². The van der Waals surface area contributed by atoms with Crippen LogP contribution in [0.5, 0.6) is 0 Å². The van der Waals surface area contributed by atoms with Crippen LogP contribution in [-0.2, 0) is 0 Å². The first-order valence-electron chi connectivity index (χ1n) is 5.86. The van der Waals surface area contributed by atoms with Crippen molar-refractivity contribution in [1.82, 2.24) is 0 Å². The van der Waals surface area contributed by atoms with Gasteiger partial charge in [0.15, 0.2) is 0 Å². The Kier molecular flexibility index (Phi) is 3.66. The maximum absolute atomic E-state index is 10.9. The Hall–Kier alpha value is -2.56. The number of hydrogen-bond donors (Lipinski definition) is 1. The quantitative estimate of drug-likeness (QED) is 0.673. The number of nitrogens with one attached hydrogen (secondary N) is 1. The summed E-state index contributed by atoms with van der Waals surface area (Å²) < 4.78 is 0. The summed E-state index contributed by atoms with van der Waals surface area (Å²) in [5.74, 6) is 0. The molecule has 0 amide bonds. The summed E-state index contributed by atoms with van der Waals surface area (Å²) in [5.41, 5.74) is 2.46. The Balaban J connectivity index is 2.24. The van der Waals surface area contributed by atoms with Gasteiger partial charge in [-0.05, 0) is 30.3 Å². The number of nitro groups is 1. The van der Waals surface area contributed by atoms with Gasteiger partial charge in [-0.15, -0.1) is 0 Å². The first-order chi connectivity index (χ1) is 9.08. The van der Waals surface area contributed by atoms with Crippen LogP contribution < -0.4 is 10.2 Å². The van der Waals surface area contributed by atoms with Gasteiger partial charge in [0.2, 0.25) is 0 Å². The monoisotopic (exact) mass is 257 g/mol. The second-order valence-corrected chi connectivity index (χ2v) is 4.34. The van der Waals surface area contributed by atoms with Crippen molar-refractivity contribution in [3.63, 3.8) is 0 Å². The summed E-state index contributed by atoms with van der Waals surface area (Å²) in [6, 6.07) is 14.3. The molecule has 0 spiro atoms. The van der Waals surface area contributed by atoms with E-state index in [1.165, 1.54) is 6.07 Å². The molecule has 0 bridgehead atoms. The van der Waals surface area contributed by atoms with Crippen LogP contribution in [0, 0.1) is 10.1 Å². The topological polar surface area (TPSA) is 58.4 Å². The number of anilines is 3. The normalized spacial score (nSPS) is 10.0. The third-order valence-electron chi connectivity index (χ3n) is 2.76. The fraction of sp³-hybridized carbons (Fsp3) is 0.143. The highest BCUT2D eigenvalue weighted by Crippen LogP contribution is 2.27. The van der Waals surface area contributed by atoms with Crippen molar-refractivity contribution in [3.05, 3.63) is 58.6 Å². The van der Waals surface area contributed by atoms with Crippen LogP contribution >= 0.6 is 0 Å². The standard InChI is InChI=1S/C14H15N3O2/c1-16(2)12-9-7-11(8-10-12)15-13-5-3-4-6-14(13)17(18)19/h3-10,15H,1-2H3. The van der Waals surface area contributed by atoms with E-state index in [9.17, 15) is 10.1 Å². The molecule has 0 heterocycles. The number of nitro benzene ring substituents is 1. The van der Waals surface area contributed by atoms with Crippen LogP contribution in [0.15, 0.2) is 48.5 Å². The van der Waals surface area contributed by atoms with Crippen molar-refractivity contribution in [2.24, 2.45) is 0 Å². The zero-order chi connectivity index (χ0) is 13.8. The molecule has 0 aliphatic carbocycles. The van der Waals surface area contributed by atoms with Crippen LogP contribution in [0.2, 0.25) is 0 Å². The van der Waals surface area contributed by atoms with Crippen LogP contribution in [0.3, 0.4) is 0 Å². The van der Waals surface area contributed by atoms with E-state index in [0.717, 1.165) is 11.4 Å². The molecule has 2 aromatic rings. The van der Waals surface area contributed by atoms with Gasteiger partial charge in [-0.1, -0.05) is 12.1 Å². The molecule has 2 aromatic carbocycles. The molecule has 5 nitrogen and oxygen atoms in total. The number of hydrogen-bond acceptors (Lipinski definition) is 4.